The van der Waals surface area contributed by atoms with Gasteiger partial charge in [0.05, 0.1) is 11.5 Å². The van der Waals surface area contributed by atoms with E-state index in [0.717, 1.165) is 43.7 Å². The average Bonchev–Trinajstić information content (AvgIpc) is 2.79. The van der Waals surface area contributed by atoms with Crippen molar-refractivity contribution in [3.8, 4) is 5.75 Å². The predicted molar refractivity (Wildman–Crippen MR) is 121 cm³/mol. The van der Waals surface area contributed by atoms with Crippen molar-refractivity contribution in [1.29, 1.82) is 0 Å². The van der Waals surface area contributed by atoms with Crippen LogP contribution in [0.4, 0.5) is 13.2 Å². The van der Waals surface area contributed by atoms with Crippen molar-refractivity contribution in [2.24, 2.45) is 23.7 Å². The second-order valence-electron chi connectivity index (χ2n) is 9.68. The second kappa shape index (κ2) is 12.5. The number of benzene rings is 1. The predicted octanol–water partition coefficient (Wildman–Crippen LogP) is 8.42. The molecule has 2 aliphatic rings. The van der Waals surface area contributed by atoms with Crippen LogP contribution in [0, 0.1) is 29.5 Å². The number of rotatable bonds is 9. The summed E-state index contributed by atoms with van der Waals surface area (Å²) in [6.07, 6.45) is 16.0. The topological polar surface area (TPSA) is 26.3 Å². The van der Waals surface area contributed by atoms with Crippen LogP contribution in [-0.4, -0.2) is 5.97 Å². The van der Waals surface area contributed by atoms with E-state index in [-0.39, 0.29) is 11.7 Å². The van der Waals surface area contributed by atoms with Crippen LogP contribution in [0.15, 0.2) is 30.4 Å². The van der Waals surface area contributed by atoms with Gasteiger partial charge in [0, 0.05) is 6.07 Å². The molecule has 0 bridgehead atoms. The zero-order valence-corrected chi connectivity index (χ0v) is 19.2. The standard InChI is InChI=1S/C27H37F3O2/c1-2-3-4-5-19-6-8-20(9-7-19)10-11-21-12-14-22(15-13-21)27(31)32-23-16-17-24(26(29)30)25(28)18-23/h10-11,16-22,26H,2-9,12-15H2,1H3/b11-10+. The molecular formula is C27H37F3O2. The molecule has 3 rings (SSSR count). The van der Waals surface area contributed by atoms with E-state index in [1.54, 1.807) is 0 Å². The Bertz CT molecular complexity index is 745. The molecule has 32 heavy (non-hydrogen) atoms. The molecule has 178 valence electrons. The highest BCUT2D eigenvalue weighted by Crippen LogP contribution is 2.35. The minimum absolute atomic E-state index is 0.00999. The summed E-state index contributed by atoms with van der Waals surface area (Å²) in [5.41, 5.74) is -0.679. The number of halogens is 3. The Kier molecular flexibility index (Phi) is 9.68. The molecule has 0 unspecified atom stereocenters. The molecule has 5 heteroatoms. The molecule has 2 fully saturated rings. The van der Waals surface area contributed by atoms with Crippen LogP contribution in [0.1, 0.15) is 96.0 Å². The van der Waals surface area contributed by atoms with Gasteiger partial charge in [-0.25, -0.2) is 13.2 Å². The van der Waals surface area contributed by atoms with Crippen LogP contribution in [0.3, 0.4) is 0 Å². The molecule has 2 nitrogen and oxygen atoms in total. The first-order chi connectivity index (χ1) is 15.5. The number of hydrogen-bond acceptors (Lipinski definition) is 2. The normalized spacial score (nSPS) is 26.5. The van der Waals surface area contributed by atoms with Crippen LogP contribution < -0.4 is 4.74 Å². The van der Waals surface area contributed by atoms with Gasteiger partial charge in [-0.05, 0) is 81.3 Å². The zero-order chi connectivity index (χ0) is 22.9. The largest absolute Gasteiger partial charge is 0.426 e. The summed E-state index contributed by atoms with van der Waals surface area (Å²) < 4.78 is 44.3. The Morgan fingerprint density at radius 2 is 1.62 bits per heavy atom. The fourth-order valence-electron chi connectivity index (χ4n) is 5.16. The SMILES string of the molecule is CCCCCC1CCC(/C=C/C2CCC(C(=O)Oc3ccc(C(F)F)c(F)c3)CC2)CC1. The van der Waals surface area contributed by atoms with Crippen LogP contribution >= 0.6 is 0 Å². The lowest BCUT2D eigenvalue weighted by Gasteiger charge is -2.28. The second-order valence-corrected chi connectivity index (χ2v) is 9.68. The Labute approximate surface area is 190 Å². The Balaban J connectivity index is 1.38. The molecule has 0 heterocycles. The Hall–Kier alpha value is -1.78. The third-order valence-corrected chi connectivity index (χ3v) is 7.29. The average molecular weight is 451 g/mol. The summed E-state index contributed by atoms with van der Waals surface area (Å²) in [6, 6.07) is 3.07. The molecule has 0 aliphatic heterocycles. The van der Waals surface area contributed by atoms with Crippen molar-refractivity contribution >= 4 is 5.97 Å². The lowest BCUT2D eigenvalue weighted by atomic mass is 9.78. The van der Waals surface area contributed by atoms with Crippen molar-refractivity contribution < 1.29 is 22.7 Å². The van der Waals surface area contributed by atoms with Gasteiger partial charge in [0.25, 0.3) is 6.43 Å². The highest BCUT2D eigenvalue weighted by Gasteiger charge is 2.27. The van der Waals surface area contributed by atoms with Crippen LogP contribution in [0.5, 0.6) is 5.75 Å². The van der Waals surface area contributed by atoms with E-state index in [0.29, 0.717) is 11.8 Å². The van der Waals surface area contributed by atoms with Gasteiger partial charge in [-0.3, -0.25) is 4.79 Å². The van der Waals surface area contributed by atoms with Gasteiger partial charge in [-0.1, -0.05) is 44.8 Å². The van der Waals surface area contributed by atoms with Crippen LogP contribution in [0.2, 0.25) is 0 Å². The van der Waals surface area contributed by atoms with E-state index in [1.807, 2.05) is 0 Å². The molecule has 0 aromatic heterocycles. The summed E-state index contributed by atoms with van der Waals surface area (Å²) >= 11 is 0. The van der Waals surface area contributed by atoms with E-state index in [2.05, 4.69) is 19.1 Å². The first kappa shape index (κ1) is 24.9. The monoisotopic (exact) mass is 450 g/mol. The first-order valence-electron chi connectivity index (χ1n) is 12.4. The molecule has 2 saturated carbocycles. The Morgan fingerprint density at radius 1 is 1.00 bits per heavy atom. The molecule has 0 N–H and O–H groups in total. The van der Waals surface area contributed by atoms with Gasteiger partial charge in [0.2, 0.25) is 0 Å². The van der Waals surface area contributed by atoms with Crippen molar-refractivity contribution in [3.05, 3.63) is 41.7 Å². The number of unbranched alkanes of at least 4 members (excludes halogenated alkanes) is 2. The zero-order valence-electron chi connectivity index (χ0n) is 19.2. The summed E-state index contributed by atoms with van der Waals surface area (Å²) in [4.78, 5) is 12.4. The van der Waals surface area contributed by atoms with Crippen molar-refractivity contribution in [1.82, 2.24) is 0 Å². The van der Waals surface area contributed by atoms with Crippen molar-refractivity contribution in [2.45, 2.75) is 90.4 Å². The number of ether oxygens (including phenoxy) is 1. The van der Waals surface area contributed by atoms with Gasteiger partial charge >= 0.3 is 5.97 Å². The maximum absolute atomic E-state index is 13.7. The molecule has 2 aliphatic carbocycles. The lowest BCUT2D eigenvalue weighted by molar-refractivity contribution is -0.140. The summed E-state index contributed by atoms with van der Waals surface area (Å²) in [6.45, 7) is 2.26. The molecule has 0 spiro atoms. The van der Waals surface area contributed by atoms with Crippen LogP contribution in [-0.2, 0) is 4.79 Å². The molecule has 1 aromatic rings. The molecule has 0 amide bonds. The number of carbonyl (C=O) groups excluding carboxylic acids is 1. The number of alkyl halides is 2. The smallest absolute Gasteiger partial charge is 0.314 e. The molecule has 0 radical (unpaired) electrons. The van der Waals surface area contributed by atoms with Crippen molar-refractivity contribution in [2.75, 3.05) is 0 Å². The third kappa shape index (κ3) is 7.38. The first-order valence-corrected chi connectivity index (χ1v) is 12.4. The fourth-order valence-corrected chi connectivity index (χ4v) is 5.16. The van der Waals surface area contributed by atoms with Gasteiger partial charge in [-0.2, -0.15) is 0 Å². The quantitative estimate of drug-likeness (QED) is 0.163. The van der Waals surface area contributed by atoms with E-state index >= 15 is 0 Å². The number of carbonyl (C=O) groups is 1. The summed E-state index contributed by atoms with van der Waals surface area (Å²) in [5, 5.41) is 0. The highest BCUT2D eigenvalue weighted by atomic mass is 19.3. The maximum atomic E-state index is 13.7. The number of esters is 1. The third-order valence-electron chi connectivity index (χ3n) is 7.29. The van der Waals surface area contributed by atoms with Gasteiger partial charge in [-0.15, -0.1) is 0 Å². The van der Waals surface area contributed by atoms with E-state index in [9.17, 15) is 18.0 Å². The minimum Gasteiger partial charge on any atom is -0.426 e. The molecule has 0 saturated heterocycles. The van der Waals surface area contributed by atoms with Crippen LogP contribution in [0.25, 0.3) is 0 Å². The van der Waals surface area contributed by atoms with E-state index < -0.39 is 23.8 Å². The van der Waals surface area contributed by atoms with Gasteiger partial charge in [0.1, 0.15) is 11.6 Å². The number of hydrogen-bond donors (Lipinski definition) is 0. The van der Waals surface area contributed by atoms with E-state index in [4.69, 9.17) is 4.74 Å². The molecule has 1 aromatic carbocycles. The minimum atomic E-state index is -2.89. The van der Waals surface area contributed by atoms with Gasteiger partial charge < -0.3 is 4.74 Å². The highest BCUT2D eigenvalue weighted by molar-refractivity contribution is 5.75. The van der Waals surface area contributed by atoms with Crippen molar-refractivity contribution in [3.63, 3.8) is 0 Å². The molecule has 0 atom stereocenters. The van der Waals surface area contributed by atoms with E-state index in [1.165, 1.54) is 57.4 Å². The number of allylic oxidation sites excluding steroid dienone is 2. The molecular weight excluding hydrogens is 413 g/mol. The lowest BCUT2D eigenvalue weighted by Crippen LogP contribution is -2.25. The summed E-state index contributed by atoms with van der Waals surface area (Å²) in [5.74, 6) is 0.468. The summed E-state index contributed by atoms with van der Waals surface area (Å²) in [7, 11) is 0. The maximum Gasteiger partial charge on any atom is 0.314 e. The van der Waals surface area contributed by atoms with Gasteiger partial charge in [0.15, 0.2) is 0 Å². The Morgan fingerprint density at radius 3 is 2.19 bits per heavy atom. The fraction of sp³-hybridized carbons (Fsp3) is 0.667.